The summed E-state index contributed by atoms with van der Waals surface area (Å²) in [6.07, 6.45) is 2.63. The number of benzene rings is 1. The van der Waals surface area contributed by atoms with Crippen LogP contribution in [0.2, 0.25) is 0 Å². The molecule has 88 valence electrons. The Morgan fingerprint density at radius 2 is 2.24 bits per heavy atom. The van der Waals surface area contributed by atoms with Gasteiger partial charge in [-0.05, 0) is 23.8 Å². The molecule has 0 atom stereocenters. The molecule has 0 unspecified atom stereocenters. The number of carboxylic acids is 1. The average molecular weight is 231 g/mol. The van der Waals surface area contributed by atoms with Crippen molar-refractivity contribution in [3.63, 3.8) is 0 Å². The molecule has 1 aromatic carbocycles. The molecule has 0 aliphatic rings. The van der Waals surface area contributed by atoms with Gasteiger partial charge in [-0.3, -0.25) is 0 Å². The van der Waals surface area contributed by atoms with Crippen molar-refractivity contribution in [2.45, 2.75) is 19.8 Å². The third kappa shape index (κ3) is 2.53. The van der Waals surface area contributed by atoms with Crippen molar-refractivity contribution in [3.8, 4) is 0 Å². The molecule has 0 spiro atoms. The molecule has 2 rings (SSSR count). The zero-order valence-electron chi connectivity index (χ0n) is 9.68. The van der Waals surface area contributed by atoms with Crippen LogP contribution >= 0.6 is 0 Å². The fraction of sp³-hybridized carbons (Fsp3) is 0.231. The van der Waals surface area contributed by atoms with Crippen LogP contribution in [0.4, 0.5) is 0 Å². The highest BCUT2D eigenvalue weighted by molar-refractivity contribution is 5.86. The van der Waals surface area contributed by atoms with Gasteiger partial charge in [0.2, 0.25) is 0 Å². The highest BCUT2D eigenvalue weighted by Crippen LogP contribution is 2.22. The molecule has 0 saturated heterocycles. The maximum atomic E-state index is 10.4. The molecule has 1 aromatic heterocycles. The number of fused-ring (bicyclic) bond motifs is 1. The summed E-state index contributed by atoms with van der Waals surface area (Å²) in [4.78, 5) is 14.7. The van der Waals surface area contributed by atoms with Crippen molar-refractivity contribution in [2.24, 2.45) is 0 Å². The molecule has 4 heteroatoms. The number of aromatic nitrogens is 1. The van der Waals surface area contributed by atoms with Crippen LogP contribution in [0.1, 0.15) is 31.2 Å². The maximum absolute atomic E-state index is 10.4. The average Bonchev–Trinajstić information content (AvgIpc) is 2.69. The zero-order chi connectivity index (χ0) is 12.4. The second-order valence-electron chi connectivity index (χ2n) is 4.11. The number of rotatable bonds is 3. The Morgan fingerprint density at radius 1 is 1.47 bits per heavy atom. The van der Waals surface area contributed by atoms with Gasteiger partial charge in [0.25, 0.3) is 0 Å². The minimum Gasteiger partial charge on any atom is -0.478 e. The predicted octanol–water partition coefficient (Wildman–Crippen LogP) is 3.05. The molecule has 2 aromatic rings. The van der Waals surface area contributed by atoms with Gasteiger partial charge in [0, 0.05) is 12.0 Å². The van der Waals surface area contributed by atoms with Crippen LogP contribution in [-0.2, 0) is 4.79 Å². The number of oxazole rings is 1. The van der Waals surface area contributed by atoms with Crippen LogP contribution in [-0.4, -0.2) is 16.1 Å². The van der Waals surface area contributed by atoms with Crippen molar-refractivity contribution >= 4 is 23.1 Å². The smallest absolute Gasteiger partial charge is 0.328 e. The predicted molar refractivity (Wildman–Crippen MR) is 64.8 cm³/mol. The third-order valence-electron chi connectivity index (χ3n) is 2.34. The Kier molecular flexibility index (Phi) is 2.95. The molecule has 0 aliphatic carbocycles. The van der Waals surface area contributed by atoms with E-state index in [1.54, 1.807) is 6.07 Å². The van der Waals surface area contributed by atoms with Gasteiger partial charge >= 0.3 is 5.97 Å². The molecule has 0 bridgehead atoms. The van der Waals surface area contributed by atoms with Crippen LogP contribution in [0.25, 0.3) is 17.2 Å². The standard InChI is InChI=1S/C13H13NO3/c1-8(2)13-14-10-5-3-9(4-6-12(15)16)7-11(10)17-13/h3-8H,1-2H3,(H,15,16)/b6-4+. The summed E-state index contributed by atoms with van der Waals surface area (Å²) in [5, 5.41) is 8.54. The number of hydrogen-bond donors (Lipinski definition) is 1. The van der Waals surface area contributed by atoms with Gasteiger partial charge in [-0.15, -0.1) is 0 Å². The molecule has 1 heterocycles. The van der Waals surface area contributed by atoms with E-state index in [0.717, 1.165) is 17.2 Å². The van der Waals surface area contributed by atoms with Gasteiger partial charge in [-0.1, -0.05) is 19.9 Å². The van der Waals surface area contributed by atoms with Gasteiger partial charge < -0.3 is 9.52 Å². The van der Waals surface area contributed by atoms with Crippen molar-refractivity contribution in [1.82, 2.24) is 4.98 Å². The van der Waals surface area contributed by atoms with E-state index in [2.05, 4.69) is 4.98 Å². The lowest BCUT2D eigenvalue weighted by molar-refractivity contribution is -0.131. The molecule has 0 fully saturated rings. The summed E-state index contributed by atoms with van der Waals surface area (Å²) in [7, 11) is 0. The zero-order valence-corrected chi connectivity index (χ0v) is 9.68. The molecule has 0 saturated carbocycles. The molecular formula is C13H13NO3. The molecule has 0 radical (unpaired) electrons. The lowest BCUT2D eigenvalue weighted by Gasteiger charge is -1.94. The third-order valence-corrected chi connectivity index (χ3v) is 2.34. The van der Waals surface area contributed by atoms with E-state index in [1.807, 2.05) is 26.0 Å². The Hall–Kier alpha value is -2.10. The Bertz CT molecular complexity index is 581. The van der Waals surface area contributed by atoms with Gasteiger partial charge in [-0.25, -0.2) is 9.78 Å². The summed E-state index contributed by atoms with van der Waals surface area (Å²) >= 11 is 0. The first-order valence-corrected chi connectivity index (χ1v) is 5.38. The minimum absolute atomic E-state index is 0.236. The summed E-state index contributed by atoms with van der Waals surface area (Å²) in [5.41, 5.74) is 2.26. The SMILES string of the molecule is CC(C)c1nc2ccc(/C=C/C(=O)O)cc2o1. The minimum atomic E-state index is -0.967. The largest absolute Gasteiger partial charge is 0.478 e. The van der Waals surface area contributed by atoms with E-state index in [4.69, 9.17) is 9.52 Å². The van der Waals surface area contributed by atoms with Gasteiger partial charge in [0.15, 0.2) is 11.5 Å². The van der Waals surface area contributed by atoms with Gasteiger partial charge in [-0.2, -0.15) is 0 Å². The quantitative estimate of drug-likeness (QED) is 0.824. The van der Waals surface area contributed by atoms with Crippen LogP contribution in [0.3, 0.4) is 0 Å². The topological polar surface area (TPSA) is 63.3 Å². The Morgan fingerprint density at radius 3 is 2.88 bits per heavy atom. The number of hydrogen-bond acceptors (Lipinski definition) is 3. The van der Waals surface area contributed by atoms with Crippen molar-refractivity contribution in [3.05, 3.63) is 35.7 Å². The number of aliphatic carboxylic acids is 1. The van der Waals surface area contributed by atoms with Gasteiger partial charge in [0.1, 0.15) is 5.52 Å². The fourth-order valence-electron chi connectivity index (χ4n) is 1.48. The van der Waals surface area contributed by atoms with Crippen molar-refractivity contribution < 1.29 is 14.3 Å². The first kappa shape index (κ1) is 11.4. The lowest BCUT2D eigenvalue weighted by atomic mass is 10.2. The fourth-order valence-corrected chi connectivity index (χ4v) is 1.48. The molecule has 0 amide bonds. The normalized spacial score (nSPS) is 11.7. The molecule has 1 N–H and O–H groups in total. The summed E-state index contributed by atoms with van der Waals surface area (Å²) in [6, 6.07) is 5.42. The Labute approximate surface area is 98.6 Å². The number of carboxylic acid groups (broad SMARTS) is 1. The maximum Gasteiger partial charge on any atom is 0.328 e. The second kappa shape index (κ2) is 4.41. The molecule has 0 aliphatic heterocycles. The van der Waals surface area contributed by atoms with E-state index in [1.165, 1.54) is 6.08 Å². The van der Waals surface area contributed by atoms with E-state index >= 15 is 0 Å². The lowest BCUT2D eigenvalue weighted by Crippen LogP contribution is -1.85. The highest BCUT2D eigenvalue weighted by Gasteiger charge is 2.08. The van der Waals surface area contributed by atoms with Crippen molar-refractivity contribution in [2.75, 3.05) is 0 Å². The van der Waals surface area contributed by atoms with Crippen LogP contribution in [0, 0.1) is 0 Å². The molecule has 17 heavy (non-hydrogen) atoms. The highest BCUT2D eigenvalue weighted by atomic mass is 16.4. The van der Waals surface area contributed by atoms with E-state index in [0.29, 0.717) is 11.5 Å². The Balaban J connectivity index is 2.40. The van der Waals surface area contributed by atoms with Crippen LogP contribution < -0.4 is 0 Å². The van der Waals surface area contributed by atoms with E-state index in [-0.39, 0.29) is 5.92 Å². The van der Waals surface area contributed by atoms with Crippen molar-refractivity contribution in [1.29, 1.82) is 0 Å². The first-order chi connectivity index (χ1) is 8.06. The summed E-state index contributed by atoms with van der Waals surface area (Å²) in [5.74, 6) is -0.0367. The summed E-state index contributed by atoms with van der Waals surface area (Å²) < 4.78 is 5.58. The molecule has 4 nitrogen and oxygen atoms in total. The first-order valence-electron chi connectivity index (χ1n) is 5.38. The van der Waals surface area contributed by atoms with E-state index in [9.17, 15) is 4.79 Å². The van der Waals surface area contributed by atoms with E-state index < -0.39 is 5.97 Å². The van der Waals surface area contributed by atoms with Crippen LogP contribution in [0.15, 0.2) is 28.7 Å². The summed E-state index contributed by atoms with van der Waals surface area (Å²) in [6.45, 7) is 4.02. The second-order valence-corrected chi connectivity index (χ2v) is 4.11. The number of nitrogens with zero attached hydrogens (tertiary/aromatic N) is 1. The molecular weight excluding hydrogens is 218 g/mol. The van der Waals surface area contributed by atoms with Crippen LogP contribution in [0.5, 0.6) is 0 Å². The monoisotopic (exact) mass is 231 g/mol. The number of carbonyl (C=O) groups is 1. The van der Waals surface area contributed by atoms with Gasteiger partial charge in [0.05, 0.1) is 0 Å².